The molecule has 0 saturated heterocycles. The first-order valence-electron chi connectivity index (χ1n) is 9.41. The molecule has 1 aliphatic rings. The molecule has 1 aliphatic carbocycles. The Hall–Kier alpha value is -3.22. The Kier molecular flexibility index (Phi) is 4.81. The lowest BCUT2D eigenvalue weighted by Gasteiger charge is -2.17. The Labute approximate surface area is 162 Å². The fourth-order valence-corrected chi connectivity index (χ4v) is 3.78. The van der Waals surface area contributed by atoms with Crippen LogP contribution < -0.4 is 10.9 Å². The van der Waals surface area contributed by atoms with Crippen LogP contribution in [0.1, 0.15) is 47.6 Å². The maximum Gasteiger partial charge on any atom is 0.337 e. The first kappa shape index (κ1) is 18.2. The Balaban J connectivity index is 1.71. The first-order valence-corrected chi connectivity index (χ1v) is 9.41. The summed E-state index contributed by atoms with van der Waals surface area (Å²) >= 11 is 0. The summed E-state index contributed by atoms with van der Waals surface area (Å²) in [4.78, 5) is 33.3. The molecule has 0 unspecified atom stereocenters. The number of carbonyl (C=O) groups is 1. The highest BCUT2D eigenvalue weighted by Crippen LogP contribution is 2.31. The molecule has 28 heavy (non-hydrogen) atoms. The quantitative estimate of drug-likeness (QED) is 0.696. The summed E-state index contributed by atoms with van der Waals surface area (Å²) < 4.78 is 6.53. The van der Waals surface area contributed by atoms with E-state index in [1.807, 2.05) is 11.5 Å². The number of aryl methyl sites for hydroxylation is 1. The number of rotatable bonds is 4. The number of aromatic nitrogens is 3. The third-order valence-electron chi connectivity index (χ3n) is 5.25. The fourth-order valence-electron chi connectivity index (χ4n) is 3.78. The van der Waals surface area contributed by atoms with Gasteiger partial charge in [0.15, 0.2) is 0 Å². The van der Waals surface area contributed by atoms with Gasteiger partial charge >= 0.3 is 5.97 Å². The van der Waals surface area contributed by atoms with Gasteiger partial charge < -0.3 is 10.1 Å². The molecular formula is C21H22N4O3. The molecule has 0 bridgehead atoms. The first-order chi connectivity index (χ1) is 13.6. The number of fused-ring (bicyclic) bond motifs is 1. The second kappa shape index (κ2) is 7.42. The summed E-state index contributed by atoms with van der Waals surface area (Å²) in [5.74, 6) is 0.0274. The summed E-state index contributed by atoms with van der Waals surface area (Å²) in [7, 11) is 1.35. The number of anilines is 2. The third-order valence-corrected chi connectivity index (χ3v) is 5.25. The molecule has 0 aliphatic heterocycles. The molecule has 0 amide bonds. The summed E-state index contributed by atoms with van der Waals surface area (Å²) in [6.45, 7) is 1.91. The minimum atomic E-state index is -0.385. The van der Waals surface area contributed by atoms with Crippen molar-refractivity contribution in [3.05, 3.63) is 58.0 Å². The monoisotopic (exact) mass is 378 g/mol. The van der Waals surface area contributed by atoms with E-state index in [-0.39, 0.29) is 17.6 Å². The van der Waals surface area contributed by atoms with E-state index in [0.717, 1.165) is 42.3 Å². The van der Waals surface area contributed by atoms with Gasteiger partial charge in [-0.2, -0.15) is 4.98 Å². The topological polar surface area (TPSA) is 86.1 Å². The number of esters is 1. The van der Waals surface area contributed by atoms with Crippen LogP contribution in [-0.4, -0.2) is 27.6 Å². The van der Waals surface area contributed by atoms with Crippen LogP contribution in [0.3, 0.4) is 0 Å². The van der Waals surface area contributed by atoms with Gasteiger partial charge in [-0.1, -0.05) is 12.8 Å². The molecular weight excluding hydrogens is 356 g/mol. The van der Waals surface area contributed by atoms with Gasteiger partial charge in [-0.15, -0.1) is 0 Å². The number of carbonyl (C=O) groups excluding carboxylic acids is 1. The molecule has 7 nitrogen and oxygen atoms in total. The normalized spacial score (nSPS) is 14.4. The molecule has 0 spiro atoms. The van der Waals surface area contributed by atoms with Crippen LogP contribution in [0.15, 0.2) is 41.3 Å². The van der Waals surface area contributed by atoms with Gasteiger partial charge in [0.05, 0.1) is 12.7 Å². The van der Waals surface area contributed by atoms with Gasteiger partial charge in [0, 0.05) is 29.4 Å². The average molecular weight is 378 g/mol. The standard InChI is InChI=1S/C21H22N4O3/c1-13-11-18(26)25(16-5-3-4-6-16)19-17(13)12-22-21(24-19)23-15-9-7-14(8-10-15)20(27)28-2/h7-12,16H,3-6H2,1-2H3,(H,22,23,24). The number of hydrogen-bond acceptors (Lipinski definition) is 6. The molecule has 4 rings (SSSR count). The second-order valence-corrected chi connectivity index (χ2v) is 7.10. The van der Waals surface area contributed by atoms with Crippen molar-refractivity contribution in [2.45, 2.75) is 38.6 Å². The summed E-state index contributed by atoms with van der Waals surface area (Å²) in [6, 6.07) is 8.74. The SMILES string of the molecule is COC(=O)c1ccc(Nc2ncc3c(C)cc(=O)n(C4CCCC4)c3n2)cc1. The molecule has 7 heteroatoms. The average Bonchev–Trinajstić information content (AvgIpc) is 3.22. The maximum absolute atomic E-state index is 12.7. The van der Waals surface area contributed by atoms with Crippen LogP contribution >= 0.6 is 0 Å². The van der Waals surface area contributed by atoms with Crippen LogP contribution in [0.5, 0.6) is 0 Å². The van der Waals surface area contributed by atoms with Crippen molar-refractivity contribution >= 4 is 28.6 Å². The van der Waals surface area contributed by atoms with Crippen molar-refractivity contribution in [1.82, 2.24) is 14.5 Å². The largest absolute Gasteiger partial charge is 0.465 e. The summed E-state index contributed by atoms with van der Waals surface area (Å²) in [5, 5.41) is 4.03. The van der Waals surface area contributed by atoms with Crippen molar-refractivity contribution in [2.75, 3.05) is 12.4 Å². The van der Waals surface area contributed by atoms with Gasteiger partial charge in [-0.25, -0.2) is 9.78 Å². The number of hydrogen-bond donors (Lipinski definition) is 1. The predicted octanol–water partition coefficient (Wildman–Crippen LogP) is 3.75. The van der Waals surface area contributed by atoms with Gasteiger partial charge in [-0.05, 0) is 49.6 Å². The Morgan fingerprint density at radius 3 is 2.61 bits per heavy atom. The molecule has 1 fully saturated rings. The molecule has 1 N–H and O–H groups in total. The molecule has 1 aromatic carbocycles. The zero-order valence-corrected chi connectivity index (χ0v) is 15.9. The number of benzene rings is 1. The molecule has 2 aromatic heterocycles. The van der Waals surface area contributed by atoms with E-state index in [2.05, 4.69) is 15.3 Å². The third kappa shape index (κ3) is 3.35. The van der Waals surface area contributed by atoms with Crippen LogP contribution in [-0.2, 0) is 4.74 Å². The van der Waals surface area contributed by atoms with Crippen molar-refractivity contribution in [2.24, 2.45) is 0 Å². The van der Waals surface area contributed by atoms with Gasteiger partial charge in [0.2, 0.25) is 5.95 Å². The van der Waals surface area contributed by atoms with E-state index in [1.165, 1.54) is 7.11 Å². The highest BCUT2D eigenvalue weighted by atomic mass is 16.5. The smallest absolute Gasteiger partial charge is 0.337 e. The van der Waals surface area contributed by atoms with Gasteiger partial charge in [0.25, 0.3) is 5.56 Å². The van der Waals surface area contributed by atoms with Crippen molar-refractivity contribution in [1.29, 1.82) is 0 Å². The number of pyridine rings is 1. The number of ether oxygens (including phenoxy) is 1. The van der Waals surface area contributed by atoms with Crippen LogP contribution in [0.4, 0.5) is 11.6 Å². The predicted molar refractivity (Wildman–Crippen MR) is 107 cm³/mol. The zero-order valence-electron chi connectivity index (χ0n) is 15.9. The second-order valence-electron chi connectivity index (χ2n) is 7.10. The highest BCUT2D eigenvalue weighted by Gasteiger charge is 2.21. The van der Waals surface area contributed by atoms with E-state index in [0.29, 0.717) is 17.2 Å². The van der Waals surface area contributed by atoms with E-state index < -0.39 is 0 Å². The van der Waals surface area contributed by atoms with Gasteiger partial charge in [-0.3, -0.25) is 9.36 Å². The molecule has 1 saturated carbocycles. The molecule has 144 valence electrons. The maximum atomic E-state index is 12.7. The van der Waals surface area contributed by atoms with Crippen LogP contribution in [0.2, 0.25) is 0 Å². The Morgan fingerprint density at radius 1 is 1.21 bits per heavy atom. The van der Waals surface area contributed by atoms with Crippen LogP contribution in [0.25, 0.3) is 11.0 Å². The number of methoxy groups -OCH3 is 1. The lowest BCUT2D eigenvalue weighted by atomic mass is 10.1. The number of nitrogens with one attached hydrogen (secondary N) is 1. The molecule has 0 atom stereocenters. The summed E-state index contributed by atoms with van der Waals surface area (Å²) in [5.41, 5.74) is 2.75. The van der Waals surface area contributed by atoms with Gasteiger partial charge in [0.1, 0.15) is 5.65 Å². The lowest BCUT2D eigenvalue weighted by molar-refractivity contribution is 0.0601. The van der Waals surface area contributed by atoms with Crippen LogP contribution in [0, 0.1) is 6.92 Å². The van der Waals surface area contributed by atoms with E-state index in [1.54, 1.807) is 36.5 Å². The zero-order chi connectivity index (χ0) is 19.7. The van der Waals surface area contributed by atoms with Crippen molar-refractivity contribution < 1.29 is 9.53 Å². The summed E-state index contributed by atoms with van der Waals surface area (Å²) in [6.07, 6.45) is 6.03. The molecule has 3 aromatic rings. The highest BCUT2D eigenvalue weighted by molar-refractivity contribution is 5.89. The molecule has 0 radical (unpaired) electrons. The van der Waals surface area contributed by atoms with E-state index in [4.69, 9.17) is 4.74 Å². The molecule has 2 heterocycles. The minimum Gasteiger partial charge on any atom is -0.465 e. The minimum absolute atomic E-state index is 0.0102. The van der Waals surface area contributed by atoms with Crippen molar-refractivity contribution in [3.8, 4) is 0 Å². The Morgan fingerprint density at radius 2 is 1.93 bits per heavy atom. The van der Waals surface area contributed by atoms with E-state index >= 15 is 0 Å². The van der Waals surface area contributed by atoms with Crippen molar-refractivity contribution in [3.63, 3.8) is 0 Å². The fraction of sp³-hybridized carbons (Fsp3) is 0.333. The Bertz CT molecular complexity index is 1080. The van der Waals surface area contributed by atoms with E-state index in [9.17, 15) is 9.59 Å². The lowest BCUT2D eigenvalue weighted by Crippen LogP contribution is -2.24. The number of nitrogens with zero attached hydrogens (tertiary/aromatic N) is 3.